The lowest BCUT2D eigenvalue weighted by Crippen LogP contribution is -2.34. The molecule has 0 bridgehead atoms. The summed E-state index contributed by atoms with van der Waals surface area (Å²) in [6.45, 7) is -0.145. The summed E-state index contributed by atoms with van der Waals surface area (Å²) in [5.74, 6) is 2.12. The van der Waals surface area contributed by atoms with E-state index < -0.39 is 16.4 Å². The van der Waals surface area contributed by atoms with Crippen LogP contribution in [0.2, 0.25) is 0 Å². The molecule has 4 rings (SSSR count). The molecule has 0 aliphatic rings. The van der Waals surface area contributed by atoms with Crippen LogP contribution in [0.1, 0.15) is 28.4 Å². The topological polar surface area (TPSA) is 104 Å². The fraction of sp³-hybridized carbons (Fsp3) is 0.226. The molecule has 0 amide bonds. The van der Waals surface area contributed by atoms with Crippen molar-refractivity contribution in [2.24, 2.45) is 0 Å². The molecule has 0 fully saturated rings. The number of aliphatic hydroxyl groups excluding tert-OH is 1. The van der Waals surface area contributed by atoms with Gasteiger partial charge in [0, 0.05) is 36.3 Å². The van der Waals surface area contributed by atoms with E-state index in [0.29, 0.717) is 45.3 Å². The van der Waals surface area contributed by atoms with Gasteiger partial charge in [-0.2, -0.15) is 12.7 Å². The Morgan fingerprint density at radius 1 is 0.634 bits per heavy atom. The van der Waals surface area contributed by atoms with E-state index in [2.05, 4.69) is 0 Å². The number of methoxy groups -OCH3 is 4. The largest absolute Gasteiger partial charge is 0.497 e. The van der Waals surface area contributed by atoms with Crippen molar-refractivity contribution in [2.45, 2.75) is 19.2 Å². The van der Waals surface area contributed by atoms with Crippen molar-refractivity contribution in [2.75, 3.05) is 28.4 Å². The third kappa shape index (κ3) is 7.29. The number of rotatable bonds is 13. The fourth-order valence-corrected chi connectivity index (χ4v) is 5.34. The van der Waals surface area contributed by atoms with Gasteiger partial charge in [-0.25, -0.2) is 0 Å². The van der Waals surface area contributed by atoms with Crippen LogP contribution in [0.15, 0.2) is 91.0 Å². The highest BCUT2D eigenvalue weighted by atomic mass is 32.2. The summed E-state index contributed by atoms with van der Waals surface area (Å²) in [6, 6.07) is 25.8. The third-order valence-electron chi connectivity index (χ3n) is 6.49. The maximum Gasteiger partial charge on any atom is 0.385 e. The van der Waals surface area contributed by atoms with Gasteiger partial charge in [0.1, 0.15) is 34.9 Å². The van der Waals surface area contributed by atoms with Gasteiger partial charge < -0.3 is 28.2 Å². The third-order valence-corrected chi connectivity index (χ3v) is 7.78. The first-order valence-corrected chi connectivity index (χ1v) is 14.1. The van der Waals surface area contributed by atoms with Crippen molar-refractivity contribution in [1.82, 2.24) is 4.31 Å². The SMILES string of the molecule is COc1ccc(CN(Cc2ccc(OC)cc2OC)S(=O)(=O)Oc2cccc(C(O)c3ccccc3)c2)c(OC)c1. The van der Waals surface area contributed by atoms with Crippen LogP contribution in [0.5, 0.6) is 28.7 Å². The van der Waals surface area contributed by atoms with Crippen LogP contribution >= 0.6 is 0 Å². The van der Waals surface area contributed by atoms with Gasteiger partial charge in [0.25, 0.3) is 0 Å². The van der Waals surface area contributed by atoms with Crippen LogP contribution in [-0.4, -0.2) is 46.3 Å². The molecule has 0 heterocycles. The molecule has 4 aromatic carbocycles. The smallest absolute Gasteiger partial charge is 0.385 e. The second kappa shape index (κ2) is 13.4. The molecular weight excluding hydrogens is 546 g/mol. The number of ether oxygens (including phenoxy) is 4. The number of nitrogens with zero attached hydrogens (tertiary/aromatic N) is 1. The summed E-state index contributed by atoms with van der Waals surface area (Å²) in [6.07, 6.45) is -0.953. The molecule has 1 atom stereocenters. The summed E-state index contributed by atoms with van der Waals surface area (Å²) in [4.78, 5) is 0. The van der Waals surface area contributed by atoms with Crippen LogP contribution < -0.4 is 23.1 Å². The van der Waals surface area contributed by atoms with Crippen molar-refractivity contribution in [1.29, 1.82) is 0 Å². The fourth-order valence-electron chi connectivity index (χ4n) is 4.30. The molecule has 41 heavy (non-hydrogen) atoms. The molecule has 216 valence electrons. The highest BCUT2D eigenvalue weighted by Gasteiger charge is 2.28. The standard InChI is InChI=1S/C31H33NO8S/c1-36-26-15-13-24(29(18-26)38-3)20-32(21-25-14-16-27(37-2)19-30(25)39-4)41(34,35)40-28-12-8-11-23(17-28)31(33)22-9-6-5-7-10-22/h5-19,31,33H,20-21H2,1-4H3. The summed E-state index contributed by atoms with van der Waals surface area (Å²) in [7, 11) is 1.70. The van der Waals surface area contributed by atoms with E-state index in [9.17, 15) is 13.5 Å². The molecule has 1 unspecified atom stereocenters. The van der Waals surface area contributed by atoms with Crippen LogP contribution in [-0.2, 0) is 23.4 Å². The quantitative estimate of drug-likeness (QED) is 0.233. The first kappa shape index (κ1) is 29.7. The number of hydrogen-bond acceptors (Lipinski definition) is 8. The molecule has 0 spiro atoms. The molecule has 0 aliphatic heterocycles. The lowest BCUT2D eigenvalue weighted by molar-refractivity contribution is 0.220. The molecule has 0 saturated carbocycles. The van der Waals surface area contributed by atoms with Crippen LogP contribution in [0, 0.1) is 0 Å². The zero-order valence-corrected chi connectivity index (χ0v) is 24.1. The van der Waals surface area contributed by atoms with Gasteiger partial charge in [-0.3, -0.25) is 0 Å². The summed E-state index contributed by atoms with van der Waals surface area (Å²) >= 11 is 0. The Hall–Kier alpha value is -4.25. The van der Waals surface area contributed by atoms with Gasteiger partial charge in [0.15, 0.2) is 0 Å². The van der Waals surface area contributed by atoms with E-state index in [-0.39, 0.29) is 18.8 Å². The minimum Gasteiger partial charge on any atom is -0.497 e. The Balaban J connectivity index is 1.69. The number of hydrogen-bond donors (Lipinski definition) is 1. The highest BCUT2D eigenvalue weighted by molar-refractivity contribution is 7.84. The average molecular weight is 580 g/mol. The van der Waals surface area contributed by atoms with Crippen LogP contribution in [0.25, 0.3) is 0 Å². The van der Waals surface area contributed by atoms with Gasteiger partial charge in [-0.05, 0) is 35.4 Å². The lowest BCUT2D eigenvalue weighted by atomic mass is 10.0. The van der Waals surface area contributed by atoms with E-state index in [1.165, 1.54) is 44.9 Å². The van der Waals surface area contributed by atoms with E-state index in [0.717, 1.165) is 0 Å². The number of aliphatic hydroxyl groups is 1. The molecule has 1 N–H and O–H groups in total. The highest BCUT2D eigenvalue weighted by Crippen LogP contribution is 2.32. The molecule has 0 aromatic heterocycles. The van der Waals surface area contributed by atoms with Gasteiger partial charge in [-0.1, -0.05) is 54.6 Å². The summed E-state index contributed by atoms with van der Waals surface area (Å²) < 4.78 is 56.1. The lowest BCUT2D eigenvalue weighted by Gasteiger charge is -2.24. The van der Waals surface area contributed by atoms with Gasteiger partial charge in [-0.15, -0.1) is 0 Å². The average Bonchev–Trinajstić information content (AvgIpc) is 3.00. The Morgan fingerprint density at radius 2 is 1.17 bits per heavy atom. The molecule has 9 nitrogen and oxygen atoms in total. The van der Waals surface area contributed by atoms with Gasteiger partial charge >= 0.3 is 10.3 Å². The van der Waals surface area contributed by atoms with Crippen molar-refractivity contribution in [3.05, 3.63) is 113 Å². The Labute approximate surface area is 240 Å². The first-order valence-electron chi connectivity index (χ1n) is 12.7. The maximum absolute atomic E-state index is 13.8. The summed E-state index contributed by atoms with van der Waals surface area (Å²) in [5.41, 5.74) is 2.36. The molecule has 10 heteroatoms. The van der Waals surface area contributed by atoms with Crippen molar-refractivity contribution < 1.29 is 36.7 Å². The predicted molar refractivity (Wildman–Crippen MR) is 155 cm³/mol. The normalized spacial score (nSPS) is 12.0. The minimum absolute atomic E-state index is 0.0610. The molecular formula is C31H33NO8S. The molecule has 4 aromatic rings. The predicted octanol–water partition coefficient (Wildman–Crippen LogP) is 5.13. The van der Waals surface area contributed by atoms with Crippen molar-refractivity contribution in [3.63, 3.8) is 0 Å². The van der Waals surface area contributed by atoms with Crippen molar-refractivity contribution in [3.8, 4) is 28.7 Å². The molecule has 0 radical (unpaired) electrons. The second-order valence-corrected chi connectivity index (χ2v) is 10.6. The zero-order chi connectivity index (χ0) is 29.4. The van der Waals surface area contributed by atoms with Gasteiger partial charge in [0.2, 0.25) is 0 Å². The first-order chi connectivity index (χ1) is 19.8. The minimum atomic E-state index is -4.38. The second-order valence-electron chi connectivity index (χ2n) is 9.05. The maximum atomic E-state index is 13.8. The monoisotopic (exact) mass is 579 g/mol. The van der Waals surface area contributed by atoms with E-state index in [4.69, 9.17) is 23.1 Å². The van der Waals surface area contributed by atoms with Crippen molar-refractivity contribution >= 4 is 10.3 Å². The van der Waals surface area contributed by atoms with Gasteiger partial charge in [0.05, 0.1) is 28.4 Å². The Kier molecular flexibility index (Phi) is 9.72. The summed E-state index contributed by atoms with van der Waals surface area (Å²) in [5, 5.41) is 10.9. The van der Waals surface area contributed by atoms with E-state index in [1.807, 2.05) is 18.2 Å². The number of benzene rings is 4. The van der Waals surface area contributed by atoms with E-state index in [1.54, 1.807) is 60.7 Å². The van der Waals surface area contributed by atoms with Crippen LogP contribution in [0.3, 0.4) is 0 Å². The Bertz CT molecular complexity index is 1500. The Morgan fingerprint density at radius 3 is 1.68 bits per heavy atom. The van der Waals surface area contributed by atoms with Crippen LogP contribution in [0.4, 0.5) is 0 Å². The van der Waals surface area contributed by atoms with E-state index >= 15 is 0 Å². The molecule has 0 saturated heterocycles. The molecule has 0 aliphatic carbocycles. The zero-order valence-electron chi connectivity index (χ0n) is 23.3.